The molecule has 1 aliphatic rings. The van der Waals surface area contributed by atoms with Gasteiger partial charge in [-0.2, -0.15) is 8.42 Å². The maximum atomic E-state index is 12.4. The molecular formula is C17H24O6S2. The van der Waals surface area contributed by atoms with Crippen LogP contribution >= 0.6 is 11.8 Å². The number of esters is 1. The van der Waals surface area contributed by atoms with E-state index < -0.39 is 28.3 Å². The normalized spacial score (nSPS) is 30.0. The highest BCUT2D eigenvalue weighted by Crippen LogP contribution is 2.37. The molecule has 0 saturated carbocycles. The van der Waals surface area contributed by atoms with Crippen molar-refractivity contribution in [3.63, 3.8) is 0 Å². The summed E-state index contributed by atoms with van der Waals surface area (Å²) in [6.45, 7) is 3.75. The second-order valence-electron chi connectivity index (χ2n) is 6.22. The third-order valence-electron chi connectivity index (χ3n) is 4.29. The molecule has 1 fully saturated rings. The van der Waals surface area contributed by atoms with Crippen molar-refractivity contribution in [1.29, 1.82) is 0 Å². The molecule has 5 atom stereocenters. The number of hydrogen-bond acceptors (Lipinski definition) is 7. The first-order valence-electron chi connectivity index (χ1n) is 8.01. The predicted molar refractivity (Wildman–Crippen MR) is 96.9 cm³/mol. The minimum atomic E-state index is -3.56. The zero-order chi connectivity index (χ0) is 18.6. The van der Waals surface area contributed by atoms with Crippen molar-refractivity contribution in [3.8, 4) is 0 Å². The van der Waals surface area contributed by atoms with Gasteiger partial charge in [-0.3, -0.25) is 4.18 Å². The Morgan fingerprint density at radius 3 is 2.40 bits per heavy atom. The van der Waals surface area contributed by atoms with Crippen LogP contribution in [0.3, 0.4) is 0 Å². The van der Waals surface area contributed by atoms with Crippen molar-refractivity contribution >= 4 is 27.8 Å². The Bertz CT molecular complexity index is 676. The highest BCUT2D eigenvalue weighted by molar-refractivity contribution is 7.99. The Hall–Kier alpha value is -1.09. The van der Waals surface area contributed by atoms with Gasteiger partial charge in [-0.05, 0) is 18.4 Å². The van der Waals surface area contributed by atoms with Gasteiger partial charge < -0.3 is 9.47 Å². The van der Waals surface area contributed by atoms with Crippen molar-refractivity contribution in [2.24, 2.45) is 11.8 Å². The van der Waals surface area contributed by atoms with Gasteiger partial charge in [-0.25, -0.2) is 4.79 Å². The third kappa shape index (κ3) is 5.44. The first kappa shape index (κ1) is 20.2. The lowest BCUT2D eigenvalue weighted by Crippen LogP contribution is -2.51. The fraction of sp³-hybridized carbons (Fsp3) is 0.588. The molecule has 1 aromatic rings. The lowest BCUT2D eigenvalue weighted by Gasteiger charge is -2.43. The quantitative estimate of drug-likeness (QED) is 0.547. The number of hydrogen-bond donors (Lipinski definition) is 0. The van der Waals surface area contributed by atoms with E-state index >= 15 is 0 Å². The molecule has 1 aromatic carbocycles. The van der Waals surface area contributed by atoms with Crippen molar-refractivity contribution in [3.05, 3.63) is 35.9 Å². The van der Waals surface area contributed by atoms with Gasteiger partial charge in [0, 0.05) is 11.8 Å². The molecule has 0 N–H and O–H groups in total. The van der Waals surface area contributed by atoms with E-state index in [1.165, 1.54) is 11.8 Å². The number of carbonyl (C=O) groups excluding carboxylic acids is 1. The van der Waals surface area contributed by atoms with Crippen molar-refractivity contribution < 1.29 is 26.9 Å². The standard InChI is InChI=1S/C17H24O6S2/c1-11-14(10-21-25(4,19)20)22-17(24-3)12(2)15(11)23-16(18)13-8-6-5-7-9-13/h5-9,11-12,14-15,17H,10H2,1-4H3/t11-,12?,14?,15+,17+/m1/s1. The molecule has 0 amide bonds. The van der Waals surface area contributed by atoms with Crippen LogP contribution in [0.1, 0.15) is 24.2 Å². The van der Waals surface area contributed by atoms with E-state index in [2.05, 4.69) is 0 Å². The summed E-state index contributed by atoms with van der Waals surface area (Å²) >= 11 is 1.50. The highest BCUT2D eigenvalue weighted by Gasteiger charge is 2.44. The van der Waals surface area contributed by atoms with Crippen LogP contribution in [0.4, 0.5) is 0 Å². The van der Waals surface area contributed by atoms with E-state index in [4.69, 9.17) is 13.7 Å². The van der Waals surface area contributed by atoms with Gasteiger partial charge >= 0.3 is 5.97 Å². The molecule has 2 rings (SSSR count). The maximum absolute atomic E-state index is 12.4. The van der Waals surface area contributed by atoms with Crippen LogP contribution in [0.25, 0.3) is 0 Å². The molecule has 1 aliphatic heterocycles. The van der Waals surface area contributed by atoms with E-state index in [1.807, 2.05) is 26.2 Å². The second-order valence-corrected chi connectivity index (χ2v) is 8.80. The number of thioether (sulfide) groups is 1. The number of benzene rings is 1. The SMILES string of the molecule is CS[C@@H]1OC(COS(C)(=O)=O)[C@@H](C)[C@H](OC(=O)c2ccccc2)C1C. The summed E-state index contributed by atoms with van der Waals surface area (Å²) in [6, 6.07) is 8.79. The van der Waals surface area contributed by atoms with E-state index in [0.717, 1.165) is 6.26 Å². The second kappa shape index (κ2) is 8.53. The Kier molecular flexibility index (Phi) is 6.90. The predicted octanol–water partition coefficient (Wildman–Crippen LogP) is 2.55. The van der Waals surface area contributed by atoms with E-state index in [9.17, 15) is 13.2 Å². The fourth-order valence-electron chi connectivity index (χ4n) is 2.90. The van der Waals surface area contributed by atoms with Crippen LogP contribution in [0.15, 0.2) is 30.3 Å². The lowest BCUT2D eigenvalue weighted by molar-refractivity contribution is -0.144. The number of ether oxygens (including phenoxy) is 2. The fourth-order valence-corrected chi connectivity index (χ4v) is 4.12. The number of rotatable bonds is 6. The average molecular weight is 389 g/mol. The van der Waals surface area contributed by atoms with Crippen LogP contribution < -0.4 is 0 Å². The molecule has 0 spiro atoms. The molecule has 2 unspecified atom stereocenters. The molecule has 0 radical (unpaired) electrons. The molecule has 8 heteroatoms. The molecule has 0 bridgehead atoms. The molecule has 0 aromatic heterocycles. The monoisotopic (exact) mass is 388 g/mol. The maximum Gasteiger partial charge on any atom is 0.338 e. The number of carbonyl (C=O) groups is 1. The minimum Gasteiger partial charge on any atom is -0.458 e. The Morgan fingerprint density at radius 2 is 1.84 bits per heavy atom. The average Bonchev–Trinajstić information content (AvgIpc) is 2.57. The van der Waals surface area contributed by atoms with Gasteiger partial charge in [0.15, 0.2) is 0 Å². The third-order valence-corrected chi connectivity index (χ3v) is 5.86. The van der Waals surface area contributed by atoms with Crippen LogP contribution in [0.5, 0.6) is 0 Å². The van der Waals surface area contributed by atoms with Crippen LogP contribution in [-0.2, 0) is 23.8 Å². The summed E-state index contributed by atoms with van der Waals surface area (Å²) in [5, 5.41) is 0. The molecular weight excluding hydrogens is 364 g/mol. The highest BCUT2D eigenvalue weighted by atomic mass is 32.2. The van der Waals surface area contributed by atoms with Gasteiger partial charge in [0.25, 0.3) is 10.1 Å². The Labute approximate surface area is 153 Å². The topological polar surface area (TPSA) is 78.9 Å². The summed E-state index contributed by atoms with van der Waals surface area (Å²) in [5.41, 5.74) is 0.274. The summed E-state index contributed by atoms with van der Waals surface area (Å²) in [6.07, 6.45) is 2.04. The lowest BCUT2D eigenvalue weighted by atomic mass is 9.86. The van der Waals surface area contributed by atoms with Gasteiger partial charge in [-0.15, -0.1) is 11.8 Å². The summed E-state index contributed by atoms with van der Waals surface area (Å²) in [5.74, 6) is -0.631. The van der Waals surface area contributed by atoms with Gasteiger partial charge in [0.2, 0.25) is 0 Å². The first-order valence-corrected chi connectivity index (χ1v) is 11.1. The van der Waals surface area contributed by atoms with Crippen molar-refractivity contribution in [2.75, 3.05) is 19.1 Å². The molecule has 1 heterocycles. The minimum absolute atomic E-state index is 0.0351. The zero-order valence-electron chi connectivity index (χ0n) is 14.7. The Balaban J connectivity index is 2.14. The van der Waals surface area contributed by atoms with Crippen LogP contribution in [0.2, 0.25) is 0 Å². The van der Waals surface area contributed by atoms with E-state index in [1.54, 1.807) is 24.3 Å². The summed E-state index contributed by atoms with van der Waals surface area (Å²) < 4.78 is 39.2. The largest absolute Gasteiger partial charge is 0.458 e. The zero-order valence-corrected chi connectivity index (χ0v) is 16.4. The molecule has 6 nitrogen and oxygen atoms in total. The Morgan fingerprint density at radius 1 is 1.20 bits per heavy atom. The molecule has 140 valence electrons. The molecule has 1 saturated heterocycles. The van der Waals surface area contributed by atoms with Gasteiger partial charge in [-0.1, -0.05) is 32.0 Å². The van der Waals surface area contributed by atoms with Crippen molar-refractivity contribution in [1.82, 2.24) is 0 Å². The molecule has 25 heavy (non-hydrogen) atoms. The van der Waals surface area contributed by atoms with Gasteiger partial charge in [0.1, 0.15) is 11.5 Å². The smallest absolute Gasteiger partial charge is 0.338 e. The summed E-state index contributed by atoms with van der Waals surface area (Å²) in [4.78, 5) is 12.4. The van der Waals surface area contributed by atoms with E-state index in [-0.39, 0.29) is 23.9 Å². The summed E-state index contributed by atoms with van der Waals surface area (Å²) in [7, 11) is -3.56. The van der Waals surface area contributed by atoms with Crippen LogP contribution in [-0.4, -0.2) is 51.1 Å². The van der Waals surface area contributed by atoms with E-state index in [0.29, 0.717) is 5.56 Å². The van der Waals surface area contributed by atoms with Crippen LogP contribution in [0, 0.1) is 11.8 Å². The first-order chi connectivity index (χ1) is 11.7. The van der Waals surface area contributed by atoms with Gasteiger partial charge in [0.05, 0.1) is 24.5 Å². The van der Waals surface area contributed by atoms with Crippen molar-refractivity contribution in [2.45, 2.75) is 31.5 Å². The molecule has 0 aliphatic carbocycles.